The molecule has 1 amide bonds. The first kappa shape index (κ1) is 13.6. The molecule has 4 nitrogen and oxygen atoms in total. The molecule has 1 aromatic rings. The molecule has 20 heavy (non-hydrogen) atoms. The van der Waals surface area contributed by atoms with Gasteiger partial charge >= 0.3 is 0 Å². The lowest BCUT2D eigenvalue weighted by atomic mass is 10.1. The molecular formula is C16H22N2O2. The highest BCUT2D eigenvalue weighted by Gasteiger charge is 2.29. The Labute approximate surface area is 120 Å². The lowest BCUT2D eigenvalue weighted by molar-refractivity contribution is -0.117. The molecule has 0 spiro atoms. The van der Waals surface area contributed by atoms with Gasteiger partial charge in [0.2, 0.25) is 5.91 Å². The summed E-state index contributed by atoms with van der Waals surface area (Å²) in [6, 6.07) is 8.30. The van der Waals surface area contributed by atoms with E-state index in [0.717, 1.165) is 12.2 Å². The Morgan fingerprint density at radius 1 is 1.15 bits per heavy atom. The number of anilines is 1. The number of rotatable bonds is 4. The first-order chi connectivity index (χ1) is 9.76. The van der Waals surface area contributed by atoms with Gasteiger partial charge in [0, 0.05) is 37.7 Å². The Hall–Kier alpha value is -1.39. The van der Waals surface area contributed by atoms with E-state index in [-0.39, 0.29) is 18.4 Å². The highest BCUT2D eigenvalue weighted by Crippen LogP contribution is 2.25. The molecule has 2 aliphatic heterocycles. The van der Waals surface area contributed by atoms with Crippen LogP contribution in [0.5, 0.6) is 0 Å². The zero-order chi connectivity index (χ0) is 13.9. The van der Waals surface area contributed by atoms with E-state index in [1.807, 2.05) is 12.1 Å². The molecule has 1 N–H and O–H groups in total. The van der Waals surface area contributed by atoms with Crippen LogP contribution in [-0.4, -0.2) is 42.2 Å². The van der Waals surface area contributed by atoms with Crippen LogP contribution < -0.4 is 4.90 Å². The first-order valence-electron chi connectivity index (χ1n) is 7.49. The summed E-state index contributed by atoms with van der Waals surface area (Å²) < 4.78 is 0. The maximum atomic E-state index is 11.9. The van der Waals surface area contributed by atoms with Crippen molar-refractivity contribution in [1.29, 1.82) is 0 Å². The molecule has 0 bridgehead atoms. The fourth-order valence-corrected chi connectivity index (χ4v) is 3.13. The normalized spacial score (nSPS) is 23.8. The SMILES string of the molecule is O=C1CC(CO)CN1c1ccc(CN2CCCC2)cc1. The van der Waals surface area contributed by atoms with Crippen molar-refractivity contribution in [1.82, 2.24) is 4.90 Å². The van der Waals surface area contributed by atoms with Crippen molar-refractivity contribution in [3.8, 4) is 0 Å². The van der Waals surface area contributed by atoms with Gasteiger partial charge in [-0.1, -0.05) is 12.1 Å². The van der Waals surface area contributed by atoms with E-state index in [2.05, 4.69) is 17.0 Å². The van der Waals surface area contributed by atoms with E-state index < -0.39 is 0 Å². The highest BCUT2D eigenvalue weighted by atomic mass is 16.3. The lowest BCUT2D eigenvalue weighted by Gasteiger charge is -2.18. The number of aliphatic hydroxyl groups is 1. The van der Waals surface area contributed by atoms with Crippen LogP contribution in [0, 0.1) is 5.92 Å². The first-order valence-corrected chi connectivity index (χ1v) is 7.49. The molecule has 3 rings (SSSR count). The third kappa shape index (κ3) is 2.86. The molecule has 1 atom stereocenters. The van der Waals surface area contributed by atoms with Crippen LogP contribution in [0.4, 0.5) is 5.69 Å². The minimum absolute atomic E-state index is 0.0896. The number of nitrogens with zero attached hydrogens (tertiary/aromatic N) is 2. The highest BCUT2D eigenvalue weighted by molar-refractivity contribution is 5.95. The number of carbonyl (C=O) groups is 1. The summed E-state index contributed by atoms with van der Waals surface area (Å²) in [7, 11) is 0. The van der Waals surface area contributed by atoms with Crippen molar-refractivity contribution in [2.24, 2.45) is 5.92 Å². The summed E-state index contributed by atoms with van der Waals surface area (Å²) in [4.78, 5) is 16.2. The van der Waals surface area contributed by atoms with E-state index in [4.69, 9.17) is 5.11 Å². The summed E-state index contributed by atoms with van der Waals surface area (Å²) in [5.74, 6) is 0.211. The molecule has 0 aliphatic carbocycles. The molecule has 4 heteroatoms. The fourth-order valence-electron chi connectivity index (χ4n) is 3.13. The summed E-state index contributed by atoms with van der Waals surface area (Å²) >= 11 is 0. The van der Waals surface area contributed by atoms with E-state index in [1.54, 1.807) is 4.90 Å². The molecule has 0 radical (unpaired) electrons. The largest absolute Gasteiger partial charge is 0.396 e. The van der Waals surface area contributed by atoms with Crippen molar-refractivity contribution in [2.75, 3.05) is 31.1 Å². The second-order valence-electron chi connectivity index (χ2n) is 5.91. The van der Waals surface area contributed by atoms with E-state index in [9.17, 15) is 4.79 Å². The number of hydrogen-bond donors (Lipinski definition) is 1. The third-order valence-electron chi connectivity index (χ3n) is 4.32. The molecule has 2 aliphatic rings. The van der Waals surface area contributed by atoms with Crippen LogP contribution in [0.2, 0.25) is 0 Å². The molecule has 1 unspecified atom stereocenters. The summed E-state index contributed by atoms with van der Waals surface area (Å²) in [6.45, 7) is 4.14. The Morgan fingerprint density at radius 2 is 1.85 bits per heavy atom. The molecule has 1 aromatic carbocycles. The average molecular weight is 274 g/mol. The Kier molecular flexibility index (Phi) is 4.03. The van der Waals surface area contributed by atoms with Crippen LogP contribution in [-0.2, 0) is 11.3 Å². The number of likely N-dealkylation sites (tertiary alicyclic amines) is 1. The number of aliphatic hydroxyl groups excluding tert-OH is 1. The quantitative estimate of drug-likeness (QED) is 0.907. The number of hydrogen-bond acceptors (Lipinski definition) is 3. The van der Waals surface area contributed by atoms with Crippen LogP contribution in [0.1, 0.15) is 24.8 Å². The minimum atomic E-state index is 0.0896. The standard InChI is InChI=1S/C16H22N2O2/c19-12-14-9-16(20)18(11-14)15-5-3-13(4-6-15)10-17-7-1-2-8-17/h3-6,14,19H,1-2,7-12H2. The minimum Gasteiger partial charge on any atom is -0.396 e. The molecule has 2 heterocycles. The molecular weight excluding hydrogens is 252 g/mol. The monoisotopic (exact) mass is 274 g/mol. The molecule has 2 fully saturated rings. The van der Waals surface area contributed by atoms with E-state index >= 15 is 0 Å². The lowest BCUT2D eigenvalue weighted by Crippen LogP contribution is -2.25. The van der Waals surface area contributed by atoms with Crippen molar-refractivity contribution in [2.45, 2.75) is 25.8 Å². The predicted molar refractivity (Wildman–Crippen MR) is 78.5 cm³/mol. The van der Waals surface area contributed by atoms with Crippen molar-refractivity contribution in [3.05, 3.63) is 29.8 Å². The van der Waals surface area contributed by atoms with Gasteiger partial charge in [-0.3, -0.25) is 9.69 Å². The van der Waals surface area contributed by atoms with Crippen molar-refractivity contribution in [3.63, 3.8) is 0 Å². The predicted octanol–water partition coefficient (Wildman–Crippen LogP) is 1.63. The van der Waals surface area contributed by atoms with Gasteiger partial charge in [-0.15, -0.1) is 0 Å². The summed E-state index contributed by atoms with van der Waals surface area (Å²) in [6.07, 6.45) is 3.08. The molecule has 0 aromatic heterocycles. The van der Waals surface area contributed by atoms with Crippen LogP contribution in [0.15, 0.2) is 24.3 Å². The van der Waals surface area contributed by atoms with Gasteiger partial charge in [0.1, 0.15) is 0 Å². The second kappa shape index (κ2) is 5.94. The van der Waals surface area contributed by atoms with Crippen molar-refractivity contribution >= 4 is 11.6 Å². The van der Waals surface area contributed by atoms with E-state index in [1.165, 1.54) is 31.5 Å². The van der Waals surface area contributed by atoms with Gasteiger partial charge < -0.3 is 10.0 Å². The van der Waals surface area contributed by atoms with Crippen LogP contribution >= 0.6 is 0 Å². The average Bonchev–Trinajstić information content (AvgIpc) is 3.09. The number of carbonyl (C=O) groups excluding carboxylic acids is 1. The topological polar surface area (TPSA) is 43.8 Å². The van der Waals surface area contributed by atoms with Gasteiger partial charge in [-0.05, 0) is 43.6 Å². The fraction of sp³-hybridized carbons (Fsp3) is 0.562. The van der Waals surface area contributed by atoms with Gasteiger partial charge in [0.05, 0.1) is 0 Å². The molecule has 0 saturated carbocycles. The van der Waals surface area contributed by atoms with Crippen molar-refractivity contribution < 1.29 is 9.90 Å². The number of amides is 1. The maximum absolute atomic E-state index is 11.9. The third-order valence-corrected chi connectivity index (χ3v) is 4.32. The van der Waals surface area contributed by atoms with E-state index in [0.29, 0.717) is 13.0 Å². The Balaban J connectivity index is 1.65. The van der Waals surface area contributed by atoms with Gasteiger partial charge in [-0.2, -0.15) is 0 Å². The second-order valence-corrected chi connectivity index (χ2v) is 5.91. The number of benzene rings is 1. The summed E-state index contributed by atoms with van der Waals surface area (Å²) in [5.41, 5.74) is 2.26. The Bertz CT molecular complexity index is 466. The van der Waals surface area contributed by atoms with Gasteiger partial charge in [0.15, 0.2) is 0 Å². The Morgan fingerprint density at radius 3 is 2.45 bits per heavy atom. The zero-order valence-electron chi connectivity index (χ0n) is 11.8. The summed E-state index contributed by atoms with van der Waals surface area (Å²) in [5, 5.41) is 9.17. The molecule has 2 saturated heterocycles. The molecule has 108 valence electrons. The van der Waals surface area contributed by atoms with Gasteiger partial charge in [-0.25, -0.2) is 0 Å². The zero-order valence-corrected chi connectivity index (χ0v) is 11.8. The smallest absolute Gasteiger partial charge is 0.227 e. The maximum Gasteiger partial charge on any atom is 0.227 e. The van der Waals surface area contributed by atoms with Gasteiger partial charge in [0.25, 0.3) is 0 Å². The van der Waals surface area contributed by atoms with Crippen LogP contribution in [0.3, 0.4) is 0 Å². The van der Waals surface area contributed by atoms with Crippen LogP contribution in [0.25, 0.3) is 0 Å².